The molecule has 2 aromatic carbocycles. The quantitative estimate of drug-likeness (QED) is 0.334. The first-order valence-electron chi connectivity index (χ1n) is 8.92. The van der Waals surface area contributed by atoms with E-state index < -0.39 is 17.6 Å². The SMILES string of the molecule is Cn1c(SCC(=O)Nc2cc(C(F)(F)F)ccc2Cl)nc2c([nH]c3ccccc32)c1=O. The number of carbonyl (C=O) groups is 1. The summed E-state index contributed by atoms with van der Waals surface area (Å²) in [4.78, 5) is 32.6. The summed E-state index contributed by atoms with van der Waals surface area (Å²) in [6, 6.07) is 10.0. The standard InChI is InChI=1S/C20H14ClF3N4O2S/c1-28-18(30)17-16(11-4-2-3-5-13(11)26-17)27-19(28)31-9-15(29)25-14-8-10(20(22,23)24)6-7-12(14)21/h2-8,26H,9H2,1H3,(H,25,29). The highest BCUT2D eigenvalue weighted by atomic mass is 35.5. The lowest BCUT2D eigenvalue weighted by molar-refractivity contribution is -0.137. The Labute approximate surface area is 182 Å². The fourth-order valence-electron chi connectivity index (χ4n) is 3.07. The summed E-state index contributed by atoms with van der Waals surface area (Å²) in [6.45, 7) is 0. The predicted octanol–water partition coefficient (Wildman–Crippen LogP) is 4.82. The number of alkyl halides is 3. The lowest BCUT2D eigenvalue weighted by Crippen LogP contribution is -2.21. The van der Waals surface area contributed by atoms with E-state index in [2.05, 4.69) is 15.3 Å². The number of amides is 1. The van der Waals surface area contributed by atoms with Crippen LogP contribution in [0.1, 0.15) is 5.56 Å². The van der Waals surface area contributed by atoms with Crippen LogP contribution < -0.4 is 10.9 Å². The molecule has 0 saturated carbocycles. The number of thioether (sulfide) groups is 1. The van der Waals surface area contributed by atoms with Crippen molar-refractivity contribution in [1.82, 2.24) is 14.5 Å². The van der Waals surface area contributed by atoms with Crippen molar-refractivity contribution in [2.45, 2.75) is 11.3 Å². The lowest BCUT2D eigenvalue weighted by atomic mass is 10.2. The van der Waals surface area contributed by atoms with Gasteiger partial charge in [-0.1, -0.05) is 41.6 Å². The monoisotopic (exact) mass is 466 g/mol. The van der Waals surface area contributed by atoms with Gasteiger partial charge in [-0.05, 0) is 24.3 Å². The third kappa shape index (κ3) is 4.13. The van der Waals surface area contributed by atoms with E-state index in [1.54, 1.807) is 0 Å². The second-order valence-corrected chi connectivity index (χ2v) is 8.03. The van der Waals surface area contributed by atoms with Gasteiger partial charge in [-0.15, -0.1) is 0 Å². The van der Waals surface area contributed by atoms with E-state index in [0.29, 0.717) is 16.2 Å². The molecule has 0 radical (unpaired) electrons. The number of nitrogens with zero attached hydrogens (tertiary/aromatic N) is 2. The highest BCUT2D eigenvalue weighted by Crippen LogP contribution is 2.34. The molecule has 0 aliphatic carbocycles. The molecule has 2 N–H and O–H groups in total. The molecule has 6 nitrogen and oxygen atoms in total. The highest BCUT2D eigenvalue weighted by Gasteiger charge is 2.31. The summed E-state index contributed by atoms with van der Waals surface area (Å²) in [6.07, 6.45) is -4.56. The van der Waals surface area contributed by atoms with Gasteiger partial charge in [0.05, 0.1) is 22.0 Å². The number of halogens is 4. The number of carbonyl (C=O) groups excluding carboxylic acids is 1. The normalized spacial score (nSPS) is 11.9. The average molecular weight is 467 g/mol. The molecule has 2 heterocycles. The van der Waals surface area contributed by atoms with Gasteiger partial charge < -0.3 is 10.3 Å². The van der Waals surface area contributed by atoms with Gasteiger partial charge in [0.2, 0.25) is 5.91 Å². The van der Waals surface area contributed by atoms with E-state index in [0.717, 1.165) is 40.9 Å². The molecule has 0 atom stereocenters. The van der Waals surface area contributed by atoms with Crippen LogP contribution in [0.5, 0.6) is 0 Å². The van der Waals surface area contributed by atoms with E-state index in [1.807, 2.05) is 24.3 Å². The van der Waals surface area contributed by atoms with Crippen LogP contribution in [-0.2, 0) is 18.0 Å². The molecule has 11 heteroatoms. The Bertz CT molecular complexity index is 1380. The largest absolute Gasteiger partial charge is 0.416 e. The van der Waals surface area contributed by atoms with E-state index in [-0.39, 0.29) is 22.0 Å². The van der Waals surface area contributed by atoms with Crippen molar-refractivity contribution in [3.05, 3.63) is 63.4 Å². The molecule has 0 aliphatic heterocycles. The lowest BCUT2D eigenvalue weighted by Gasteiger charge is -2.12. The molecule has 31 heavy (non-hydrogen) atoms. The number of aromatic amines is 1. The van der Waals surface area contributed by atoms with Crippen molar-refractivity contribution >= 4 is 56.9 Å². The first kappa shape index (κ1) is 21.3. The fraction of sp³-hybridized carbons (Fsp3) is 0.150. The van der Waals surface area contributed by atoms with Crippen LogP contribution in [0.4, 0.5) is 18.9 Å². The van der Waals surface area contributed by atoms with Gasteiger partial charge >= 0.3 is 6.18 Å². The topological polar surface area (TPSA) is 79.8 Å². The first-order valence-corrected chi connectivity index (χ1v) is 10.3. The Kier molecular flexibility index (Phi) is 5.44. The van der Waals surface area contributed by atoms with Crippen molar-refractivity contribution in [2.24, 2.45) is 7.05 Å². The number of H-pyrrole nitrogens is 1. The van der Waals surface area contributed by atoms with Crippen LogP contribution in [0.3, 0.4) is 0 Å². The minimum Gasteiger partial charge on any atom is -0.349 e. The van der Waals surface area contributed by atoms with E-state index in [9.17, 15) is 22.8 Å². The Hall–Kier alpha value is -2.98. The number of aromatic nitrogens is 3. The van der Waals surface area contributed by atoms with E-state index >= 15 is 0 Å². The van der Waals surface area contributed by atoms with E-state index in [1.165, 1.54) is 11.6 Å². The van der Waals surface area contributed by atoms with Crippen LogP contribution >= 0.6 is 23.4 Å². The maximum atomic E-state index is 12.9. The van der Waals surface area contributed by atoms with Gasteiger partial charge in [0, 0.05) is 18.0 Å². The van der Waals surface area contributed by atoms with Gasteiger partial charge in [0.25, 0.3) is 5.56 Å². The zero-order chi connectivity index (χ0) is 22.3. The summed E-state index contributed by atoms with van der Waals surface area (Å²) >= 11 is 6.90. The molecule has 2 aromatic heterocycles. The molecule has 0 unspecified atom stereocenters. The number of rotatable bonds is 4. The van der Waals surface area contributed by atoms with Crippen molar-refractivity contribution in [3.63, 3.8) is 0 Å². The molecule has 0 spiro atoms. The molecule has 4 aromatic rings. The molecule has 0 saturated heterocycles. The Morgan fingerprint density at radius 1 is 1.26 bits per heavy atom. The second kappa shape index (κ2) is 7.93. The molecule has 0 bridgehead atoms. The molecule has 160 valence electrons. The second-order valence-electron chi connectivity index (χ2n) is 6.68. The Balaban J connectivity index is 1.57. The minimum atomic E-state index is -4.56. The smallest absolute Gasteiger partial charge is 0.349 e. The molecular formula is C20H14ClF3N4O2S. The van der Waals surface area contributed by atoms with Gasteiger partial charge in [-0.2, -0.15) is 13.2 Å². The van der Waals surface area contributed by atoms with Crippen LogP contribution in [0.2, 0.25) is 5.02 Å². The number of benzene rings is 2. The third-order valence-electron chi connectivity index (χ3n) is 4.59. The van der Waals surface area contributed by atoms with Crippen molar-refractivity contribution in [2.75, 3.05) is 11.1 Å². The van der Waals surface area contributed by atoms with Gasteiger partial charge in [-0.25, -0.2) is 4.98 Å². The Morgan fingerprint density at radius 3 is 2.74 bits per heavy atom. The zero-order valence-corrected chi connectivity index (χ0v) is 17.5. The molecule has 0 fully saturated rings. The average Bonchev–Trinajstić information content (AvgIpc) is 3.09. The Morgan fingerprint density at radius 2 is 2.00 bits per heavy atom. The number of fused-ring (bicyclic) bond motifs is 3. The fourth-order valence-corrected chi connectivity index (χ4v) is 4.00. The number of hydrogen-bond donors (Lipinski definition) is 2. The molecular weight excluding hydrogens is 453 g/mol. The number of para-hydroxylation sites is 1. The van der Waals surface area contributed by atoms with Crippen molar-refractivity contribution in [3.8, 4) is 0 Å². The summed E-state index contributed by atoms with van der Waals surface area (Å²) < 4.78 is 40.0. The summed E-state index contributed by atoms with van der Waals surface area (Å²) in [5.41, 5.74) is 0.242. The van der Waals surface area contributed by atoms with Crippen molar-refractivity contribution in [1.29, 1.82) is 0 Å². The summed E-state index contributed by atoms with van der Waals surface area (Å²) in [5.74, 6) is -0.764. The zero-order valence-electron chi connectivity index (χ0n) is 15.9. The number of anilines is 1. The summed E-state index contributed by atoms with van der Waals surface area (Å²) in [5, 5.41) is 3.43. The molecule has 0 aliphatic rings. The van der Waals surface area contributed by atoms with Crippen molar-refractivity contribution < 1.29 is 18.0 Å². The van der Waals surface area contributed by atoms with Crippen LogP contribution in [0.15, 0.2) is 52.4 Å². The van der Waals surface area contributed by atoms with Gasteiger partial charge in [0.15, 0.2) is 5.16 Å². The molecule has 1 amide bonds. The van der Waals surface area contributed by atoms with Gasteiger partial charge in [-0.3, -0.25) is 14.2 Å². The van der Waals surface area contributed by atoms with Crippen LogP contribution in [0, 0.1) is 0 Å². The van der Waals surface area contributed by atoms with Gasteiger partial charge in [0.1, 0.15) is 11.0 Å². The highest BCUT2D eigenvalue weighted by molar-refractivity contribution is 7.99. The maximum Gasteiger partial charge on any atom is 0.416 e. The van der Waals surface area contributed by atoms with E-state index in [4.69, 9.17) is 11.6 Å². The third-order valence-corrected chi connectivity index (χ3v) is 5.95. The molecule has 4 rings (SSSR count). The van der Waals surface area contributed by atoms with Crippen LogP contribution in [-0.4, -0.2) is 26.2 Å². The van der Waals surface area contributed by atoms with Crippen LogP contribution in [0.25, 0.3) is 21.9 Å². The number of hydrogen-bond acceptors (Lipinski definition) is 4. The minimum absolute atomic E-state index is 0.0166. The predicted molar refractivity (Wildman–Crippen MR) is 115 cm³/mol. The first-order chi connectivity index (χ1) is 14.6. The maximum absolute atomic E-state index is 12.9. The summed E-state index contributed by atoms with van der Waals surface area (Å²) in [7, 11) is 1.53. The number of nitrogens with one attached hydrogen (secondary N) is 2.